The molecule has 16 heavy (non-hydrogen) atoms. The van der Waals surface area contributed by atoms with Crippen molar-refractivity contribution < 1.29 is 14.7 Å². The molecule has 0 heterocycles. The van der Waals surface area contributed by atoms with Crippen molar-refractivity contribution in [3.8, 4) is 0 Å². The monoisotopic (exact) mass is 306 g/mol. The first-order valence-corrected chi connectivity index (χ1v) is 5.31. The Bertz CT molecular complexity index is 375. The molecule has 3 nitrogen and oxygen atoms in total. The molecule has 0 amide bonds. The van der Waals surface area contributed by atoms with E-state index < -0.39 is 11.9 Å². The molecule has 0 radical (unpaired) electrons. The van der Waals surface area contributed by atoms with E-state index in [4.69, 9.17) is 5.11 Å². The molecule has 88 valence electrons. The average Bonchev–Trinajstić information content (AvgIpc) is 2.18. The maximum atomic E-state index is 11.6. The molecule has 0 fully saturated rings. The predicted octanol–water partition coefficient (Wildman–Crippen LogP) is 3.16. The number of hydrogen-bond acceptors (Lipinski definition) is 2. The van der Waals surface area contributed by atoms with Gasteiger partial charge in [0.15, 0.2) is 5.78 Å². The second kappa shape index (κ2) is 6.66. The van der Waals surface area contributed by atoms with Crippen molar-refractivity contribution >= 4 is 40.1 Å². The molecule has 0 aromatic heterocycles. The summed E-state index contributed by atoms with van der Waals surface area (Å²) in [5.41, 5.74) is 0.548. The highest BCUT2D eigenvalue weighted by molar-refractivity contribution is 9.10. The summed E-state index contributed by atoms with van der Waals surface area (Å²) in [7, 11) is 0. The number of carboxylic acid groups (broad SMARTS) is 1. The van der Waals surface area contributed by atoms with Gasteiger partial charge in [-0.2, -0.15) is 0 Å². The maximum absolute atomic E-state index is 11.6. The lowest BCUT2D eigenvalue weighted by Crippen LogP contribution is -2.14. The third kappa shape index (κ3) is 4.33. The molecule has 1 aromatic rings. The van der Waals surface area contributed by atoms with Crippen molar-refractivity contribution in [1.82, 2.24) is 0 Å². The minimum atomic E-state index is -0.944. The van der Waals surface area contributed by atoms with Gasteiger partial charge in [-0.25, -0.2) is 0 Å². The van der Waals surface area contributed by atoms with Gasteiger partial charge in [0.05, 0.1) is 5.92 Å². The van der Waals surface area contributed by atoms with Crippen LogP contribution in [-0.4, -0.2) is 16.9 Å². The number of halogens is 2. The highest BCUT2D eigenvalue weighted by atomic mass is 79.9. The zero-order chi connectivity index (χ0) is 11.4. The van der Waals surface area contributed by atoms with Gasteiger partial charge < -0.3 is 5.11 Å². The zero-order valence-corrected chi connectivity index (χ0v) is 11.0. The summed E-state index contributed by atoms with van der Waals surface area (Å²) >= 11 is 3.26. The summed E-state index contributed by atoms with van der Waals surface area (Å²) < 4.78 is 0.894. The van der Waals surface area contributed by atoms with E-state index >= 15 is 0 Å². The fourth-order valence-electron chi connectivity index (χ4n) is 1.12. The van der Waals surface area contributed by atoms with Crippen molar-refractivity contribution in [2.24, 2.45) is 5.92 Å². The minimum absolute atomic E-state index is 0. The number of carbonyl (C=O) groups excluding carboxylic acids is 1. The molecule has 0 aliphatic rings. The van der Waals surface area contributed by atoms with Crippen LogP contribution in [0.15, 0.2) is 28.7 Å². The van der Waals surface area contributed by atoms with Gasteiger partial charge in [-0.3, -0.25) is 9.59 Å². The summed E-state index contributed by atoms with van der Waals surface area (Å²) in [6, 6.07) is 6.89. The quantitative estimate of drug-likeness (QED) is 0.869. The van der Waals surface area contributed by atoms with Gasteiger partial charge in [-0.05, 0) is 12.1 Å². The van der Waals surface area contributed by atoms with E-state index in [-0.39, 0.29) is 24.6 Å². The largest absolute Gasteiger partial charge is 0.481 e. The Labute approximate surface area is 108 Å². The normalized spacial score (nSPS) is 11.4. The van der Waals surface area contributed by atoms with Crippen LogP contribution in [0, 0.1) is 5.92 Å². The number of aliphatic carboxylic acids is 1. The molecular weight excluding hydrogens is 295 g/mol. The first-order valence-electron chi connectivity index (χ1n) is 4.52. The predicted molar refractivity (Wildman–Crippen MR) is 67.1 cm³/mol. The van der Waals surface area contributed by atoms with Gasteiger partial charge in [0.25, 0.3) is 0 Å². The van der Waals surface area contributed by atoms with Crippen LogP contribution < -0.4 is 0 Å². The Morgan fingerprint density at radius 1 is 1.31 bits per heavy atom. The number of rotatable bonds is 4. The van der Waals surface area contributed by atoms with Crippen molar-refractivity contribution in [2.75, 3.05) is 0 Å². The molecule has 1 N–H and O–H groups in total. The van der Waals surface area contributed by atoms with E-state index in [9.17, 15) is 9.59 Å². The third-order valence-electron chi connectivity index (χ3n) is 2.08. The topological polar surface area (TPSA) is 54.4 Å². The average molecular weight is 308 g/mol. The smallest absolute Gasteiger partial charge is 0.306 e. The van der Waals surface area contributed by atoms with E-state index in [0.29, 0.717) is 5.56 Å². The first-order chi connectivity index (χ1) is 7.00. The highest BCUT2D eigenvalue weighted by Crippen LogP contribution is 2.14. The molecule has 1 rings (SSSR count). The Morgan fingerprint density at radius 2 is 1.81 bits per heavy atom. The number of benzene rings is 1. The zero-order valence-electron chi connectivity index (χ0n) is 8.64. The summed E-state index contributed by atoms with van der Waals surface area (Å²) in [6.45, 7) is 1.53. The van der Waals surface area contributed by atoms with Crippen LogP contribution in [0.5, 0.6) is 0 Å². The lowest BCUT2D eigenvalue weighted by Gasteiger charge is -2.04. The van der Waals surface area contributed by atoms with E-state index in [0.717, 1.165) is 4.47 Å². The molecule has 1 unspecified atom stereocenters. The van der Waals surface area contributed by atoms with Crippen LogP contribution in [-0.2, 0) is 4.79 Å². The number of Topliss-reactive ketones (excluding diaryl/α,β-unsaturated/α-hetero) is 1. The van der Waals surface area contributed by atoms with Gasteiger partial charge in [0.1, 0.15) is 0 Å². The molecule has 0 aliphatic heterocycles. The molecule has 0 spiro atoms. The Kier molecular flexibility index (Phi) is 6.29. The van der Waals surface area contributed by atoms with Crippen LogP contribution in [0.2, 0.25) is 0 Å². The van der Waals surface area contributed by atoms with Gasteiger partial charge in [0.2, 0.25) is 0 Å². The van der Waals surface area contributed by atoms with Gasteiger partial charge in [-0.1, -0.05) is 35.0 Å². The van der Waals surface area contributed by atoms with Crippen molar-refractivity contribution in [1.29, 1.82) is 0 Å². The minimum Gasteiger partial charge on any atom is -0.481 e. The summed E-state index contributed by atoms with van der Waals surface area (Å²) in [5.74, 6) is -1.72. The van der Waals surface area contributed by atoms with Crippen molar-refractivity contribution in [3.63, 3.8) is 0 Å². The highest BCUT2D eigenvalue weighted by Gasteiger charge is 2.16. The molecule has 0 aliphatic carbocycles. The standard InChI is InChI=1S/C11H11BrO3.ClH/c1-7(11(14)15)6-10(13)8-2-4-9(12)5-3-8;/h2-5,7H,6H2,1H3,(H,14,15);1H. The lowest BCUT2D eigenvalue weighted by atomic mass is 10.0. The molecule has 0 saturated heterocycles. The Hall–Kier alpha value is -0.870. The summed E-state index contributed by atoms with van der Waals surface area (Å²) in [4.78, 5) is 22.2. The van der Waals surface area contributed by atoms with Crippen LogP contribution in [0.4, 0.5) is 0 Å². The fraction of sp³-hybridized carbons (Fsp3) is 0.273. The van der Waals surface area contributed by atoms with Crippen LogP contribution in [0.1, 0.15) is 23.7 Å². The van der Waals surface area contributed by atoms with Crippen molar-refractivity contribution in [3.05, 3.63) is 34.3 Å². The Morgan fingerprint density at radius 3 is 2.25 bits per heavy atom. The number of carboxylic acids is 1. The first kappa shape index (κ1) is 15.1. The van der Waals surface area contributed by atoms with Gasteiger partial charge >= 0.3 is 5.97 Å². The lowest BCUT2D eigenvalue weighted by molar-refractivity contribution is -0.141. The van der Waals surface area contributed by atoms with Gasteiger partial charge in [0, 0.05) is 16.5 Å². The van der Waals surface area contributed by atoms with E-state index in [1.807, 2.05) is 0 Å². The molecule has 1 atom stereocenters. The molecular formula is C11H12BrClO3. The second-order valence-electron chi connectivity index (χ2n) is 3.37. The SMILES string of the molecule is CC(CC(=O)c1ccc(Br)cc1)C(=O)O.Cl. The summed E-state index contributed by atoms with van der Waals surface area (Å²) in [5, 5.41) is 8.66. The number of hydrogen-bond donors (Lipinski definition) is 1. The molecule has 0 bridgehead atoms. The van der Waals surface area contributed by atoms with E-state index in [1.165, 1.54) is 6.92 Å². The second-order valence-corrected chi connectivity index (χ2v) is 4.29. The van der Waals surface area contributed by atoms with Crippen molar-refractivity contribution in [2.45, 2.75) is 13.3 Å². The van der Waals surface area contributed by atoms with Gasteiger partial charge in [-0.15, -0.1) is 12.4 Å². The van der Waals surface area contributed by atoms with Crippen LogP contribution in [0.25, 0.3) is 0 Å². The maximum Gasteiger partial charge on any atom is 0.306 e. The molecule has 5 heteroatoms. The van der Waals surface area contributed by atoms with E-state index in [2.05, 4.69) is 15.9 Å². The molecule has 1 aromatic carbocycles. The molecule has 0 saturated carbocycles. The van der Waals surface area contributed by atoms with Crippen LogP contribution in [0.3, 0.4) is 0 Å². The number of carbonyl (C=O) groups is 2. The summed E-state index contributed by atoms with van der Waals surface area (Å²) in [6.07, 6.45) is 0.0387. The van der Waals surface area contributed by atoms with Crippen LogP contribution >= 0.6 is 28.3 Å². The fourth-order valence-corrected chi connectivity index (χ4v) is 1.38. The Balaban J connectivity index is 0.00000225. The van der Waals surface area contributed by atoms with E-state index in [1.54, 1.807) is 24.3 Å². The third-order valence-corrected chi connectivity index (χ3v) is 2.61. The number of ketones is 1.